The van der Waals surface area contributed by atoms with Gasteiger partial charge in [0.15, 0.2) is 5.82 Å². The Bertz CT molecular complexity index is 439. The molecule has 1 aliphatic rings. The summed E-state index contributed by atoms with van der Waals surface area (Å²) in [6.07, 6.45) is 1.35. The predicted octanol–water partition coefficient (Wildman–Crippen LogP) is 0.562. The van der Waals surface area contributed by atoms with Crippen LogP contribution in [0.4, 0.5) is 0 Å². The topological polar surface area (TPSA) is 97.1 Å². The maximum Gasteiger partial charge on any atom is 0.239 e. The normalized spacial score (nSPS) is 20.4. The summed E-state index contributed by atoms with van der Waals surface area (Å²) in [7, 11) is 0. The van der Waals surface area contributed by atoms with Crippen molar-refractivity contribution in [1.29, 1.82) is 0 Å². The number of aromatic amines is 1. The van der Waals surface area contributed by atoms with Gasteiger partial charge in [-0.1, -0.05) is 13.3 Å². The highest BCUT2D eigenvalue weighted by Gasteiger charge is 2.29. The number of aromatic nitrogens is 3. The lowest BCUT2D eigenvalue weighted by atomic mass is 10.1. The molecule has 0 bridgehead atoms. The molecule has 2 rings (SSSR count). The van der Waals surface area contributed by atoms with Gasteiger partial charge in [-0.3, -0.25) is 9.89 Å². The van der Waals surface area contributed by atoms with Crippen LogP contribution in [0, 0.1) is 6.92 Å². The van der Waals surface area contributed by atoms with E-state index in [1.54, 1.807) is 4.90 Å². The second kappa shape index (κ2) is 7.56. The highest BCUT2D eigenvalue weighted by molar-refractivity contribution is 5.85. The van der Waals surface area contributed by atoms with Crippen molar-refractivity contribution in [2.45, 2.75) is 38.8 Å². The summed E-state index contributed by atoms with van der Waals surface area (Å²) < 4.78 is 5.62. The van der Waals surface area contributed by atoms with Crippen LogP contribution in [0.15, 0.2) is 0 Å². The van der Waals surface area contributed by atoms with Gasteiger partial charge in [-0.25, -0.2) is 4.98 Å². The number of carbonyl (C=O) groups excluding carboxylic acids is 1. The SMILES string of the molecule is CCCC(N)C(=O)N1CCOC(c2n[nH]c(C)n2)C1.Cl. The average Bonchev–Trinajstić information content (AvgIpc) is 2.85. The molecule has 2 heterocycles. The molecular weight excluding hydrogens is 282 g/mol. The number of carbonyl (C=O) groups is 1. The Kier molecular flexibility index (Phi) is 6.38. The minimum atomic E-state index is -0.419. The molecule has 1 aliphatic heterocycles. The minimum Gasteiger partial charge on any atom is -0.366 e. The van der Waals surface area contributed by atoms with Crippen molar-refractivity contribution in [3.05, 3.63) is 11.6 Å². The lowest BCUT2D eigenvalue weighted by molar-refractivity contribution is -0.140. The third-order valence-corrected chi connectivity index (χ3v) is 3.20. The zero-order chi connectivity index (χ0) is 13.8. The predicted molar refractivity (Wildman–Crippen MR) is 76.5 cm³/mol. The molecule has 8 heteroatoms. The fraction of sp³-hybridized carbons (Fsp3) is 0.750. The van der Waals surface area contributed by atoms with E-state index in [2.05, 4.69) is 15.2 Å². The molecule has 1 saturated heterocycles. The second-order valence-corrected chi connectivity index (χ2v) is 4.82. The van der Waals surface area contributed by atoms with Gasteiger partial charge in [-0.05, 0) is 13.3 Å². The summed E-state index contributed by atoms with van der Waals surface area (Å²) in [6, 6.07) is -0.419. The number of hydrogen-bond donors (Lipinski definition) is 2. The number of morpholine rings is 1. The fourth-order valence-corrected chi connectivity index (χ4v) is 2.18. The average molecular weight is 304 g/mol. The van der Waals surface area contributed by atoms with Crippen LogP contribution in [0.2, 0.25) is 0 Å². The molecule has 2 unspecified atom stereocenters. The number of nitrogens with one attached hydrogen (secondary N) is 1. The first-order valence-electron chi connectivity index (χ1n) is 6.66. The standard InChI is InChI=1S/C12H21N5O2.ClH/c1-3-4-9(13)12(18)17-5-6-19-10(7-17)11-14-8(2)15-16-11;/h9-10H,3-7,13H2,1-2H3,(H,14,15,16);1H. The smallest absolute Gasteiger partial charge is 0.239 e. The highest BCUT2D eigenvalue weighted by atomic mass is 35.5. The Hall–Kier alpha value is -1.18. The number of amides is 1. The van der Waals surface area contributed by atoms with Crippen LogP contribution in [0.1, 0.15) is 37.5 Å². The van der Waals surface area contributed by atoms with Gasteiger partial charge in [0, 0.05) is 6.54 Å². The zero-order valence-electron chi connectivity index (χ0n) is 11.8. The molecular formula is C12H22ClN5O2. The lowest BCUT2D eigenvalue weighted by Crippen LogP contribution is -2.49. The van der Waals surface area contributed by atoms with Gasteiger partial charge in [-0.2, -0.15) is 5.10 Å². The van der Waals surface area contributed by atoms with Crippen LogP contribution >= 0.6 is 12.4 Å². The Labute approximate surface area is 124 Å². The number of rotatable bonds is 4. The lowest BCUT2D eigenvalue weighted by Gasteiger charge is -2.33. The molecule has 0 spiro atoms. The van der Waals surface area contributed by atoms with Crippen molar-refractivity contribution < 1.29 is 9.53 Å². The summed E-state index contributed by atoms with van der Waals surface area (Å²) in [5.41, 5.74) is 5.88. The number of nitrogens with two attached hydrogens (primary N) is 1. The minimum absolute atomic E-state index is 0. The molecule has 1 aromatic rings. The van der Waals surface area contributed by atoms with Gasteiger partial charge in [-0.15, -0.1) is 12.4 Å². The van der Waals surface area contributed by atoms with Gasteiger partial charge >= 0.3 is 0 Å². The van der Waals surface area contributed by atoms with Crippen LogP contribution in [0.5, 0.6) is 0 Å². The van der Waals surface area contributed by atoms with Crippen LogP contribution in [0.25, 0.3) is 0 Å². The van der Waals surface area contributed by atoms with Crippen molar-refractivity contribution in [1.82, 2.24) is 20.1 Å². The third kappa shape index (κ3) is 3.91. The maximum atomic E-state index is 12.2. The van der Waals surface area contributed by atoms with Crippen LogP contribution in [-0.4, -0.2) is 51.7 Å². The number of nitrogens with zero attached hydrogens (tertiary/aromatic N) is 3. The Morgan fingerprint density at radius 3 is 3.00 bits per heavy atom. The van der Waals surface area contributed by atoms with Crippen molar-refractivity contribution in [3.8, 4) is 0 Å². The largest absolute Gasteiger partial charge is 0.366 e. The van der Waals surface area contributed by atoms with Crippen LogP contribution in [0.3, 0.4) is 0 Å². The number of ether oxygens (including phenoxy) is 1. The Balaban J connectivity index is 0.00000200. The third-order valence-electron chi connectivity index (χ3n) is 3.20. The van der Waals surface area contributed by atoms with Crippen molar-refractivity contribution in [2.75, 3.05) is 19.7 Å². The molecule has 3 N–H and O–H groups in total. The monoisotopic (exact) mass is 303 g/mol. The first kappa shape index (κ1) is 16.9. The fourth-order valence-electron chi connectivity index (χ4n) is 2.18. The van der Waals surface area contributed by atoms with Gasteiger partial charge < -0.3 is 15.4 Å². The molecule has 0 aliphatic carbocycles. The highest BCUT2D eigenvalue weighted by Crippen LogP contribution is 2.19. The number of halogens is 1. The Morgan fingerprint density at radius 2 is 2.40 bits per heavy atom. The molecule has 2 atom stereocenters. The van der Waals surface area contributed by atoms with Gasteiger partial charge in [0.1, 0.15) is 11.9 Å². The van der Waals surface area contributed by atoms with Gasteiger partial charge in [0.05, 0.1) is 19.2 Å². The van der Waals surface area contributed by atoms with E-state index in [1.165, 1.54) is 0 Å². The van der Waals surface area contributed by atoms with Gasteiger partial charge in [0.25, 0.3) is 0 Å². The molecule has 7 nitrogen and oxygen atoms in total. The summed E-state index contributed by atoms with van der Waals surface area (Å²) >= 11 is 0. The summed E-state index contributed by atoms with van der Waals surface area (Å²) in [4.78, 5) is 18.2. The van der Waals surface area contributed by atoms with E-state index in [0.717, 1.165) is 12.2 Å². The number of hydrogen-bond acceptors (Lipinski definition) is 5. The van der Waals surface area contributed by atoms with E-state index in [9.17, 15) is 4.79 Å². The summed E-state index contributed by atoms with van der Waals surface area (Å²) in [5.74, 6) is 1.33. The van der Waals surface area contributed by atoms with Crippen molar-refractivity contribution in [2.24, 2.45) is 5.73 Å². The first-order valence-corrected chi connectivity index (χ1v) is 6.66. The van der Waals surface area contributed by atoms with E-state index in [0.29, 0.717) is 31.9 Å². The van der Waals surface area contributed by atoms with Gasteiger partial charge in [0.2, 0.25) is 5.91 Å². The number of aryl methyl sites for hydroxylation is 1. The molecule has 1 fully saturated rings. The van der Waals surface area contributed by atoms with Crippen molar-refractivity contribution >= 4 is 18.3 Å². The zero-order valence-corrected chi connectivity index (χ0v) is 12.7. The molecule has 1 aromatic heterocycles. The summed E-state index contributed by atoms with van der Waals surface area (Å²) in [5, 5.41) is 6.87. The van der Waals surface area contributed by atoms with Crippen LogP contribution < -0.4 is 5.73 Å². The summed E-state index contributed by atoms with van der Waals surface area (Å²) in [6.45, 7) is 5.39. The van der Waals surface area contributed by atoms with Crippen molar-refractivity contribution in [3.63, 3.8) is 0 Å². The molecule has 0 radical (unpaired) electrons. The number of H-pyrrole nitrogens is 1. The van der Waals surface area contributed by atoms with E-state index < -0.39 is 6.04 Å². The first-order chi connectivity index (χ1) is 9.11. The molecule has 114 valence electrons. The van der Waals surface area contributed by atoms with Crippen LogP contribution in [-0.2, 0) is 9.53 Å². The van der Waals surface area contributed by atoms with E-state index >= 15 is 0 Å². The quantitative estimate of drug-likeness (QED) is 0.847. The van der Waals surface area contributed by atoms with E-state index in [1.807, 2.05) is 13.8 Å². The molecule has 20 heavy (non-hydrogen) atoms. The maximum absolute atomic E-state index is 12.2. The van der Waals surface area contributed by atoms with E-state index in [-0.39, 0.29) is 24.4 Å². The van der Waals surface area contributed by atoms with E-state index in [4.69, 9.17) is 10.5 Å². The second-order valence-electron chi connectivity index (χ2n) is 4.82. The Morgan fingerprint density at radius 1 is 1.65 bits per heavy atom. The molecule has 1 amide bonds. The molecule has 0 saturated carbocycles. The molecule has 0 aromatic carbocycles.